The highest BCUT2D eigenvalue weighted by atomic mass is 16.5. The summed E-state index contributed by atoms with van der Waals surface area (Å²) >= 11 is 0. The molecule has 1 aliphatic carbocycles. The molecule has 0 amide bonds. The first-order chi connectivity index (χ1) is 8.34. The van der Waals surface area contributed by atoms with Gasteiger partial charge in [-0.05, 0) is 43.4 Å². The van der Waals surface area contributed by atoms with Gasteiger partial charge in [0, 0.05) is 5.56 Å². The molecule has 86 valence electrons. The third-order valence-electron chi connectivity index (χ3n) is 3.26. The van der Waals surface area contributed by atoms with Gasteiger partial charge < -0.3 is 4.74 Å². The van der Waals surface area contributed by atoms with Gasteiger partial charge in [0.15, 0.2) is 0 Å². The lowest BCUT2D eigenvalue weighted by atomic mass is 9.98. The Morgan fingerprint density at radius 2 is 1.94 bits per heavy atom. The van der Waals surface area contributed by atoms with Crippen molar-refractivity contribution in [2.24, 2.45) is 0 Å². The van der Waals surface area contributed by atoms with Crippen molar-refractivity contribution < 1.29 is 9.53 Å². The minimum atomic E-state index is -0.233. The zero-order chi connectivity index (χ0) is 11.7. The van der Waals surface area contributed by atoms with Gasteiger partial charge in [-0.2, -0.15) is 0 Å². The first kappa shape index (κ1) is 10.3. The van der Waals surface area contributed by atoms with Crippen LogP contribution in [0, 0.1) is 0 Å². The predicted octanol–water partition coefficient (Wildman–Crippen LogP) is 3.70. The third kappa shape index (κ3) is 1.91. The van der Waals surface area contributed by atoms with Crippen LogP contribution in [-0.4, -0.2) is 5.97 Å². The van der Waals surface area contributed by atoms with E-state index < -0.39 is 0 Å². The second kappa shape index (κ2) is 4.21. The molecule has 1 aromatic rings. The van der Waals surface area contributed by atoms with Gasteiger partial charge in [0.05, 0.1) is 5.56 Å². The minimum Gasteiger partial charge on any atom is -0.422 e. The average molecular weight is 226 g/mol. The van der Waals surface area contributed by atoms with Gasteiger partial charge >= 0.3 is 5.97 Å². The zero-order valence-electron chi connectivity index (χ0n) is 9.61. The van der Waals surface area contributed by atoms with Gasteiger partial charge in [0.1, 0.15) is 5.76 Å². The number of hydrogen-bond acceptors (Lipinski definition) is 2. The molecule has 2 aliphatic rings. The maximum Gasteiger partial charge on any atom is 0.344 e. The van der Waals surface area contributed by atoms with E-state index in [1.54, 1.807) is 0 Å². The molecule has 17 heavy (non-hydrogen) atoms. The zero-order valence-corrected chi connectivity index (χ0v) is 9.61. The lowest BCUT2D eigenvalue weighted by molar-refractivity contribution is 0.0715. The minimum absolute atomic E-state index is 0.233. The molecule has 0 radical (unpaired) electrons. The lowest BCUT2D eigenvalue weighted by Gasteiger charge is -2.09. The summed E-state index contributed by atoms with van der Waals surface area (Å²) in [5.41, 5.74) is 2.88. The molecule has 1 aliphatic heterocycles. The Morgan fingerprint density at radius 1 is 1.12 bits per heavy atom. The van der Waals surface area contributed by atoms with E-state index >= 15 is 0 Å². The van der Waals surface area contributed by atoms with Gasteiger partial charge in [-0.1, -0.05) is 24.3 Å². The van der Waals surface area contributed by atoms with E-state index in [0.717, 1.165) is 18.4 Å². The highest BCUT2D eigenvalue weighted by Gasteiger charge is 2.25. The Labute approximate surface area is 101 Å². The number of allylic oxidation sites excluding steroid dienone is 3. The summed E-state index contributed by atoms with van der Waals surface area (Å²) in [4.78, 5) is 11.6. The molecule has 1 aromatic carbocycles. The van der Waals surface area contributed by atoms with E-state index in [2.05, 4.69) is 6.08 Å². The van der Waals surface area contributed by atoms with Gasteiger partial charge in [-0.15, -0.1) is 0 Å². The van der Waals surface area contributed by atoms with Crippen molar-refractivity contribution in [2.45, 2.75) is 25.7 Å². The van der Waals surface area contributed by atoms with Crippen molar-refractivity contribution in [3.63, 3.8) is 0 Å². The quantitative estimate of drug-likeness (QED) is 0.682. The van der Waals surface area contributed by atoms with Gasteiger partial charge in [0.25, 0.3) is 0 Å². The molecule has 0 saturated heterocycles. The molecule has 0 atom stereocenters. The molecule has 0 unspecified atom stereocenters. The Balaban J connectivity index is 1.98. The van der Waals surface area contributed by atoms with Gasteiger partial charge in [-0.3, -0.25) is 0 Å². The Kier molecular flexibility index (Phi) is 2.56. The van der Waals surface area contributed by atoms with Crippen molar-refractivity contribution in [3.05, 3.63) is 53.1 Å². The SMILES string of the molecule is O=C1OC(=CC2=CCCCC2)c2ccccc21. The molecule has 0 bridgehead atoms. The first-order valence-corrected chi connectivity index (χ1v) is 6.07. The second-order valence-corrected chi connectivity index (χ2v) is 4.47. The van der Waals surface area contributed by atoms with Crippen LogP contribution >= 0.6 is 0 Å². The van der Waals surface area contributed by atoms with Crippen LogP contribution in [0.1, 0.15) is 41.6 Å². The second-order valence-electron chi connectivity index (χ2n) is 4.47. The predicted molar refractivity (Wildman–Crippen MR) is 66.4 cm³/mol. The van der Waals surface area contributed by atoms with Gasteiger partial charge in [0.2, 0.25) is 0 Å². The van der Waals surface area contributed by atoms with Crippen LogP contribution in [0.25, 0.3) is 5.76 Å². The molecule has 0 aromatic heterocycles. The maximum absolute atomic E-state index is 11.6. The highest BCUT2D eigenvalue weighted by molar-refractivity contribution is 6.03. The number of carbonyl (C=O) groups is 1. The molecule has 0 spiro atoms. The van der Waals surface area contributed by atoms with Crippen LogP contribution < -0.4 is 0 Å². The number of hydrogen-bond donors (Lipinski definition) is 0. The molecule has 0 saturated carbocycles. The van der Waals surface area contributed by atoms with E-state index in [0.29, 0.717) is 11.3 Å². The summed E-state index contributed by atoms with van der Waals surface area (Å²) in [6.07, 6.45) is 8.97. The van der Waals surface area contributed by atoms with Crippen LogP contribution in [0.3, 0.4) is 0 Å². The molecular weight excluding hydrogens is 212 g/mol. The van der Waals surface area contributed by atoms with E-state index in [1.807, 2.05) is 30.3 Å². The molecular formula is C15H14O2. The van der Waals surface area contributed by atoms with Crippen LogP contribution in [0.15, 0.2) is 42.0 Å². The fourth-order valence-corrected chi connectivity index (χ4v) is 2.36. The smallest absolute Gasteiger partial charge is 0.344 e. The van der Waals surface area contributed by atoms with E-state index in [1.165, 1.54) is 18.4 Å². The molecule has 0 N–H and O–H groups in total. The molecule has 2 nitrogen and oxygen atoms in total. The molecule has 0 fully saturated rings. The topological polar surface area (TPSA) is 26.3 Å². The molecule has 1 heterocycles. The maximum atomic E-state index is 11.6. The van der Waals surface area contributed by atoms with E-state index in [-0.39, 0.29) is 5.97 Å². The van der Waals surface area contributed by atoms with Crippen LogP contribution in [0.5, 0.6) is 0 Å². The summed E-state index contributed by atoms with van der Waals surface area (Å²) in [6, 6.07) is 7.55. The Hall–Kier alpha value is -1.83. The lowest BCUT2D eigenvalue weighted by Crippen LogP contribution is -1.93. The number of rotatable bonds is 1. The van der Waals surface area contributed by atoms with Gasteiger partial charge in [-0.25, -0.2) is 4.79 Å². The number of ether oxygens (including phenoxy) is 1. The standard InChI is InChI=1S/C15H14O2/c16-15-13-9-5-4-8-12(13)14(17-15)10-11-6-2-1-3-7-11/h4-6,8-10H,1-3,7H2. The number of benzene rings is 1. The number of cyclic esters (lactones) is 1. The fourth-order valence-electron chi connectivity index (χ4n) is 2.36. The summed E-state index contributed by atoms with van der Waals surface area (Å²) in [5.74, 6) is 0.474. The van der Waals surface area contributed by atoms with Crippen molar-refractivity contribution in [1.82, 2.24) is 0 Å². The summed E-state index contributed by atoms with van der Waals surface area (Å²) in [7, 11) is 0. The number of carbonyl (C=O) groups excluding carboxylic acids is 1. The molecule has 3 rings (SSSR count). The summed E-state index contributed by atoms with van der Waals surface area (Å²) in [5, 5.41) is 0. The Bertz CT molecular complexity index is 523. The fraction of sp³-hybridized carbons (Fsp3) is 0.267. The van der Waals surface area contributed by atoms with Crippen LogP contribution in [0.2, 0.25) is 0 Å². The monoisotopic (exact) mass is 226 g/mol. The first-order valence-electron chi connectivity index (χ1n) is 6.07. The van der Waals surface area contributed by atoms with Crippen molar-refractivity contribution in [3.8, 4) is 0 Å². The van der Waals surface area contributed by atoms with Crippen LogP contribution in [0.4, 0.5) is 0 Å². The van der Waals surface area contributed by atoms with Crippen LogP contribution in [-0.2, 0) is 4.74 Å². The molecule has 2 heteroatoms. The van der Waals surface area contributed by atoms with Crippen molar-refractivity contribution in [1.29, 1.82) is 0 Å². The summed E-state index contributed by atoms with van der Waals surface area (Å²) < 4.78 is 5.32. The van der Waals surface area contributed by atoms with E-state index in [4.69, 9.17) is 4.74 Å². The number of fused-ring (bicyclic) bond motifs is 1. The van der Waals surface area contributed by atoms with E-state index in [9.17, 15) is 4.79 Å². The highest BCUT2D eigenvalue weighted by Crippen LogP contribution is 2.31. The average Bonchev–Trinajstić information content (AvgIpc) is 2.69. The summed E-state index contributed by atoms with van der Waals surface area (Å²) in [6.45, 7) is 0. The largest absolute Gasteiger partial charge is 0.422 e. The Morgan fingerprint density at radius 3 is 2.71 bits per heavy atom. The third-order valence-corrected chi connectivity index (χ3v) is 3.26. The van der Waals surface area contributed by atoms with Crippen molar-refractivity contribution >= 4 is 11.7 Å². The normalized spacial score (nSPS) is 21.1. The van der Waals surface area contributed by atoms with Crippen molar-refractivity contribution in [2.75, 3.05) is 0 Å². The number of esters is 1.